The van der Waals surface area contributed by atoms with Gasteiger partial charge in [0, 0.05) is 42.3 Å². The second-order valence-electron chi connectivity index (χ2n) is 11.2. The first-order valence-electron chi connectivity index (χ1n) is 15.0. The highest BCUT2D eigenvalue weighted by atomic mass is 35.5. The number of rotatable bonds is 7. The highest BCUT2D eigenvalue weighted by Gasteiger charge is 2.33. The molecule has 0 saturated carbocycles. The number of sulfonamides is 1. The van der Waals surface area contributed by atoms with E-state index >= 15 is 0 Å². The first kappa shape index (κ1) is 33.7. The molecular weight excluding hydrogens is 606 g/mol. The maximum atomic E-state index is 13.6. The zero-order valence-corrected chi connectivity index (χ0v) is 26.7. The van der Waals surface area contributed by atoms with Crippen LogP contribution in [0.1, 0.15) is 43.4 Å². The van der Waals surface area contributed by atoms with E-state index in [1.54, 1.807) is 35.7 Å². The van der Waals surface area contributed by atoms with E-state index in [1.165, 1.54) is 37.8 Å². The number of nitrogens with one attached hydrogen (secondary N) is 1. The van der Waals surface area contributed by atoms with E-state index in [0.29, 0.717) is 24.8 Å². The molecule has 2 N–H and O–H groups in total. The third-order valence-electron chi connectivity index (χ3n) is 8.90. The second kappa shape index (κ2) is 15.2. The summed E-state index contributed by atoms with van der Waals surface area (Å²) in [6.45, 7) is 4.86. The van der Waals surface area contributed by atoms with Crippen LogP contribution in [0.15, 0.2) is 53.4 Å². The van der Waals surface area contributed by atoms with Gasteiger partial charge in [-0.25, -0.2) is 13.9 Å². The number of amides is 2. The number of carbonyl (C=O) groups excluding carboxylic acids is 2. The summed E-state index contributed by atoms with van der Waals surface area (Å²) in [5.74, 6) is 0.735. The number of hydrogen-bond donors (Lipinski definition) is 2. The van der Waals surface area contributed by atoms with Gasteiger partial charge in [-0.3, -0.25) is 14.8 Å². The van der Waals surface area contributed by atoms with Crippen molar-refractivity contribution in [3.63, 3.8) is 0 Å². The summed E-state index contributed by atoms with van der Waals surface area (Å²) in [4.78, 5) is 27.3. The van der Waals surface area contributed by atoms with E-state index in [2.05, 4.69) is 15.5 Å². The third kappa shape index (κ3) is 7.21. The number of aromatic nitrogens is 1. The Bertz CT molecular complexity index is 1520. The van der Waals surface area contributed by atoms with E-state index in [-0.39, 0.29) is 42.7 Å². The molecule has 13 heteroatoms. The van der Waals surface area contributed by atoms with Crippen molar-refractivity contribution < 1.29 is 28.0 Å². The smallest absolute Gasteiger partial charge is 0.243 e. The SMILES string of the molecule is COc1ccc(S(=O)(=O)N2CCc3c(n(CC(=O)N4CCC(N5CCCCC5)CC4)c4ccccc34)C2)cc1.Cl.O=CNO. The molecule has 0 atom stereocenters. The van der Waals surface area contributed by atoms with E-state index < -0.39 is 10.0 Å². The molecule has 2 saturated heterocycles. The van der Waals surface area contributed by atoms with E-state index in [4.69, 9.17) is 14.7 Å². The molecule has 240 valence electrons. The molecule has 2 aromatic carbocycles. The fraction of sp³-hybridized carbons (Fsp3) is 0.484. The molecule has 0 spiro atoms. The molecule has 1 aromatic heterocycles. The number of hydroxylamine groups is 1. The van der Waals surface area contributed by atoms with Crippen LogP contribution >= 0.6 is 12.4 Å². The van der Waals surface area contributed by atoms with E-state index in [9.17, 15) is 13.2 Å². The molecule has 0 aliphatic carbocycles. The molecule has 0 bridgehead atoms. The molecule has 0 unspecified atom stereocenters. The number of benzene rings is 2. The number of methoxy groups -OCH3 is 1. The van der Waals surface area contributed by atoms with Crippen LogP contribution in [0, 0.1) is 0 Å². The predicted octanol–water partition coefficient (Wildman–Crippen LogP) is 3.42. The van der Waals surface area contributed by atoms with Gasteiger partial charge >= 0.3 is 0 Å². The monoisotopic (exact) mass is 647 g/mol. The summed E-state index contributed by atoms with van der Waals surface area (Å²) < 4.78 is 35.9. The zero-order valence-electron chi connectivity index (χ0n) is 25.1. The second-order valence-corrected chi connectivity index (χ2v) is 13.2. The van der Waals surface area contributed by atoms with Gasteiger partial charge in [-0.2, -0.15) is 4.31 Å². The Hall–Kier alpha value is -3.16. The van der Waals surface area contributed by atoms with E-state index in [0.717, 1.165) is 48.1 Å². The average Bonchev–Trinajstić information content (AvgIpc) is 3.38. The van der Waals surface area contributed by atoms with Crippen LogP contribution in [0.4, 0.5) is 0 Å². The molecule has 4 heterocycles. The van der Waals surface area contributed by atoms with Crippen LogP contribution < -0.4 is 10.2 Å². The normalized spacial score (nSPS) is 18.0. The van der Waals surface area contributed by atoms with E-state index in [1.807, 2.05) is 23.1 Å². The third-order valence-corrected chi connectivity index (χ3v) is 10.8. The van der Waals surface area contributed by atoms with Gasteiger partial charge in [0.2, 0.25) is 22.3 Å². The van der Waals surface area contributed by atoms with Crippen LogP contribution in [-0.4, -0.2) is 90.5 Å². The number of nitrogens with zero attached hydrogens (tertiary/aromatic N) is 4. The Balaban J connectivity index is 0.000000834. The van der Waals surface area contributed by atoms with Gasteiger partial charge < -0.3 is 19.1 Å². The minimum Gasteiger partial charge on any atom is -0.497 e. The van der Waals surface area contributed by atoms with Crippen molar-refractivity contribution in [3.8, 4) is 5.75 Å². The number of carbonyl (C=O) groups is 2. The van der Waals surface area contributed by atoms with Crippen LogP contribution in [0.25, 0.3) is 10.9 Å². The molecule has 6 rings (SSSR count). The fourth-order valence-corrected chi connectivity index (χ4v) is 8.05. The highest BCUT2D eigenvalue weighted by Crippen LogP contribution is 2.33. The largest absolute Gasteiger partial charge is 0.497 e. The summed E-state index contributed by atoms with van der Waals surface area (Å²) in [7, 11) is -2.12. The zero-order chi connectivity index (χ0) is 30.4. The van der Waals surface area contributed by atoms with Gasteiger partial charge in [0.15, 0.2) is 0 Å². The van der Waals surface area contributed by atoms with Crippen molar-refractivity contribution >= 4 is 45.7 Å². The van der Waals surface area contributed by atoms with Gasteiger partial charge in [0.25, 0.3) is 0 Å². The molecule has 11 nitrogen and oxygen atoms in total. The Kier molecular flexibility index (Phi) is 11.7. The quantitative estimate of drug-likeness (QED) is 0.229. The van der Waals surface area contributed by atoms with Crippen molar-refractivity contribution in [1.82, 2.24) is 24.2 Å². The van der Waals surface area contributed by atoms with Crippen LogP contribution in [-0.2, 0) is 39.1 Å². The lowest BCUT2D eigenvalue weighted by molar-refractivity contribution is -0.133. The molecule has 44 heavy (non-hydrogen) atoms. The minimum absolute atomic E-state index is 0. The molecule has 0 radical (unpaired) electrons. The number of para-hydroxylation sites is 1. The topological polar surface area (TPSA) is 124 Å². The number of hydrogen-bond acceptors (Lipinski definition) is 7. The maximum Gasteiger partial charge on any atom is 0.243 e. The fourth-order valence-electron chi connectivity index (χ4n) is 6.65. The molecule has 3 aromatic rings. The molecule has 2 amide bonds. The van der Waals surface area contributed by atoms with Crippen molar-refractivity contribution in [2.24, 2.45) is 0 Å². The number of likely N-dealkylation sites (tertiary alicyclic amines) is 2. The van der Waals surface area contributed by atoms with Gasteiger partial charge in [-0.15, -0.1) is 12.4 Å². The summed E-state index contributed by atoms with van der Waals surface area (Å²) >= 11 is 0. The van der Waals surface area contributed by atoms with Gasteiger partial charge in [0.1, 0.15) is 12.3 Å². The first-order valence-corrected chi connectivity index (χ1v) is 16.4. The highest BCUT2D eigenvalue weighted by molar-refractivity contribution is 7.89. The van der Waals surface area contributed by atoms with Crippen molar-refractivity contribution in [1.29, 1.82) is 0 Å². The molecule has 3 aliphatic rings. The van der Waals surface area contributed by atoms with Crippen LogP contribution in [0.2, 0.25) is 0 Å². The standard InChI is InChI=1S/C30H38N4O4S.CH3NO2.ClH/c1-38-24-9-11-25(12-10-24)39(36,37)33-20-15-27-26-7-3-4-8-28(26)34(29(27)21-33)22-30(35)32-18-13-23(14-19-32)31-16-5-2-6-17-31;3-1-2-4;/h3-4,7-12,23H,2,5-6,13-22H2,1H3;1,4H,(H,2,3);1H. The predicted molar refractivity (Wildman–Crippen MR) is 169 cm³/mol. The lowest BCUT2D eigenvalue weighted by atomic mass is 10.00. The van der Waals surface area contributed by atoms with Crippen molar-refractivity contribution in [3.05, 3.63) is 59.8 Å². The molecule has 2 fully saturated rings. The van der Waals surface area contributed by atoms with Crippen molar-refractivity contribution in [2.75, 3.05) is 39.8 Å². The number of piperidine rings is 2. The lowest BCUT2D eigenvalue weighted by Gasteiger charge is -2.40. The minimum atomic E-state index is -3.69. The van der Waals surface area contributed by atoms with Crippen LogP contribution in [0.5, 0.6) is 5.75 Å². The van der Waals surface area contributed by atoms with Gasteiger partial charge in [0.05, 0.1) is 18.6 Å². The summed E-state index contributed by atoms with van der Waals surface area (Å²) in [5.41, 5.74) is 4.34. The summed E-state index contributed by atoms with van der Waals surface area (Å²) in [5, 5.41) is 8.37. The van der Waals surface area contributed by atoms with Gasteiger partial charge in [-0.05, 0) is 81.1 Å². The Labute approximate surface area is 265 Å². The first-order chi connectivity index (χ1) is 20.9. The van der Waals surface area contributed by atoms with Crippen LogP contribution in [0.3, 0.4) is 0 Å². The number of halogens is 1. The van der Waals surface area contributed by atoms with Gasteiger partial charge in [-0.1, -0.05) is 24.6 Å². The number of ether oxygens (including phenoxy) is 1. The Morgan fingerprint density at radius 2 is 1.66 bits per heavy atom. The van der Waals surface area contributed by atoms with Crippen molar-refractivity contribution in [2.45, 2.75) is 62.6 Å². The lowest BCUT2D eigenvalue weighted by Crippen LogP contribution is -2.48. The summed E-state index contributed by atoms with van der Waals surface area (Å²) in [6.07, 6.45) is 6.77. The number of fused-ring (bicyclic) bond motifs is 3. The Morgan fingerprint density at radius 1 is 1.00 bits per heavy atom. The maximum absolute atomic E-state index is 13.6. The Morgan fingerprint density at radius 3 is 2.30 bits per heavy atom. The molecule has 3 aliphatic heterocycles. The summed E-state index contributed by atoms with van der Waals surface area (Å²) in [6, 6.07) is 15.3. The average molecular weight is 648 g/mol. The molecular formula is C31H42ClN5O6S.